The largest absolute Gasteiger partial charge is 0.508 e. The van der Waals surface area contributed by atoms with E-state index in [1.54, 1.807) is 31.4 Å². The highest BCUT2D eigenvalue weighted by Gasteiger charge is 2.15. The lowest BCUT2D eigenvalue weighted by atomic mass is 10.00. The van der Waals surface area contributed by atoms with Gasteiger partial charge in [0.15, 0.2) is 0 Å². The molecule has 0 heterocycles. The maximum Gasteiger partial charge on any atom is 0.122 e. The Hall–Kier alpha value is -2.20. The van der Waals surface area contributed by atoms with E-state index < -0.39 is 0 Å². The molecule has 20 heavy (non-hydrogen) atoms. The van der Waals surface area contributed by atoms with E-state index in [1.165, 1.54) is 0 Å². The van der Waals surface area contributed by atoms with Gasteiger partial charge in [-0.1, -0.05) is 18.2 Å². The van der Waals surface area contributed by atoms with Crippen LogP contribution in [0, 0.1) is 0 Å². The second kappa shape index (κ2) is 6.82. The van der Waals surface area contributed by atoms with Crippen molar-refractivity contribution in [2.24, 2.45) is 0 Å². The van der Waals surface area contributed by atoms with Crippen LogP contribution in [0.2, 0.25) is 0 Å². The van der Waals surface area contributed by atoms with Crippen LogP contribution >= 0.6 is 0 Å². The average molecular weight is 274 g/mol. The van der Waals surface area contributed by atoms with Crippen LogP contribution in [0.3, 0.4) is 0 Å². The van der Waals surface area contributed by atoms with Gasteiger partial charge < -0.3 is 19.7 Å². The van der Waals surface area contributed by atoms with Crippen LogP contribution in [-0.4, -0.2) is 30.5 Å². The molecule has 0 aliphatic carbocycles. The summed E-state index contributed by atoms with van der Waals surface area (Å²) < 4.78 is 10.9. The van der Waals surface area contributed by atoms with E-state index in [2.05, 4.69) is 0 Å². The summed E-state index contributed by atoms with van der Waals surface area (Å²) in [5.74, 6) is 1.41. The first-order valence-corrected chi connectivity index (χ1v) is 6.40. The summed E-state index contributed by atoms with van der Waals surface area (Å²) in [6, 6.07) is 14.1. The first-order chi connectivity index (χ1) is 9.74. The fraction of sp³-hybridized carbons (Fsp3) is 0.250. The molecule has 0 aliphatic rings. The summed E-state index contributed by atoms with van der Waals surface area (Å²) in [5.41, 5.74) is 0.913. The van der Waals surface area contributed by atoms with Crippen LogP contribution in [0.4, 0.5) is 0 Å². The first kappa shape index (κ1) is 14.2. The normalized spacial score (nSPS) is 11.9. The molecule has 4 heteroatoms. The molecule has 1 unspecified atom stereocenters. The number of methoxy groups -OCH3 is 1. The van der Waals surface area contributed by atoms with Crippen molar-refractivity contribution < 1.29 is 19.7 Å². The third-order valence-electron chi connectivity index (χ3n) is 3.09. The van der Waals surface area contributed by atoms with Crippen molar-refractivity contribution in [3.63, 3.8) is 0 Å². The molecule has 0 bridgehead atoms. The van der Waals surface area contributed by atoms with Crippen molar-refractivity contribution >= 4 is 0 Å². The number of aliphatic hydroxyl groups excluding tert-OH is 1. The van der Waals surface area contributed by atoms with Gasteiger partial charge in [0, 0.05) is 11.5 Å². The van der Waals surface area contributed by atoms with Crippen LogP contribution in [0.1, 0.15) is 11.5 Å². The topological polar surface area (TPSA) is 58.9 Å². The molecule has 2 aromatic carbocycles. The van der Waals surface area contributed by atoms with Gasteiger partial charge in [0.05, 0.1) is 20.3 Å². The second-order valence-corrected chi connectivity index (χ2v) is 4.43. The van der Waals surface area contributed by atoms with E-state index >= 15 is 0 Å². The molecule has 2 N–H and O–H groups in total. The number of para-hydroxylation sites is 1. The molecule has 4 nitrogen and oxygen atoms in total. The summed E-state index contributed by atoms with van der Waals surface area (Å²) in [6.45, 7) is 0.306. The van der Waals surface area contributed by atoms with Gasteiger partial charge in [0.25, 0.3) is 0 Å². The molecule has 2 rings (SSSR count). The number of benzene rings is 2. The Morgan fingerprint density at radius 1 is 1.05 bits per heavy atom. The Kier molecular flexibility index (Phi) is 4.85. The van der Waals surface area contributed by atoms with Gasteiger partial charge in [-0.15, -0.1) is 0 Å². The van der Waals surface area contributed by atoms with Gasteiger partial charge in [-0.05, 0) is 30.3 Å². The van der Waals surface area contributed by atoms with Gasteiger partial charge >= 0.3 is 0 Å². The minimum Gasteiger partial charge on any atom is -0.508 e. The van der Waals surface area contributed by atoms with Crippen molar-refractivity contribution in [1.29, 1.82) is 0 Å². The lowest BCUT2D eigenvalue weighted by Gasteiger charge is -2.18. The van der Waals surface area contributed by atoms with E-state index in [0.29, 0.717) is 12.4 Å². The number of phenolic OH excluding ortho intramolecular Hbond substituents is 1. The van der Waals surface area contributed by atoms with E-state index in [9.17, 15) is 10.2 Å². The highest BCUT2D eigenvalue weighted by molar-refractivity contribution is 5.37. The lowest BCUT2D eigenvalue weighted by Crippen LogP contribution is -2.15. The van der Waals surface area contributed by atoms with Crippen LogP contribution in [0.5, 0.6) is 17.2 Å². The maximum absolute atomic E-state index is 9.55. The molecule has 2 aromatic rings. The third kappa shape index (κ3) is 3.42. The maximum atomic E-state index is 9.55. The number of aromatic hydroxyl groups is 1. The van der Waals surface area contributed by atoms with Crippen molar-refractivity contribution in [2.45, 2.75) is 5.92 Å². The van der Waals surface area contributed by atoms with Crippen LogP contribution in [0.25, 0.3) is 0 Å². The molecular formula is C16H18O4. The second-order valence-electron chi connectivity index (χ2n) is 4.43. The predicted molar refractivity (Wildman–Crippen MR) is 76.4 cm³/mol. The number of hydrogen-bond donors (Lipinski definition) is 2. The van der Waals surface area contributed by atoms with Crippen molar-refractivity contribution in [2.75, 3.05) is 20.3 Å². The monoisotopic (exact) mass is 274 g/mol. The molecule has 0 fully saturated rings. The van der Waals surface area contributed by atoms with Crippen LogP contribution in [-0.2, 0) is 0 Å². The Morgan fingerprint density at radius 2 is 1.75 bits per heavy atom. The summed E-state index contributed by atoms with van der Waals surface area (Å²) in [6.07, 6.45) is 0. The third-order valence-corrected chi connectivity index (χ3v) is 3.09. The van der Waals surface area contributed by atoms with Crippen molar-refractivity contribution in [1.82, 2.24) is 0 Å². The molecule has 106 valence electrons. The quantitative estimate of drug-likeness (QED) is 0.850. The number of phenols is 1. The molecule has 0 spiro atoms. The summed E-state index contributed by atoms with van der Waals surface area (Å²) in [7, 11) is 1.61. The molecule has 0 amide bonds. The predicted octanol–water partition coefficient (Wildman–Crippen LogP) is 2.56. The molecular weight excluding hydrogens is 256 g/mol. The molecule has 0 saturated heterocycles. The highest BCUT2D eigenvalue weighted by atomic mass is 16.5. The average Bonchev–Trinajstić information content (AvgIpc) is 2.50. The number of aliphatic hydroxyl groups is 1. The molecule has 0 radical (unpaired) electrons. The summed E-state index contributed by atoms with van der Waals surface area (Å²) in [5, 5.41) is 18.8. The van der Waals surface area contributed by atoms with Crippen LogP contribution in [0.15, 0.2) is 48.5 Å². The van der Waals surface area contributed by atoms with E-state index in [0.717, 1.165) is 11.3 Å². The SMILES string of the molecule is COc1ccccc1C(CO)COc1ccc(O)cc1. The molecule has 0 aromatic heterocycles. The van der Waals surface area contributed by atoms with Crippen molar-refractivity contribution in [3.05, 3.63) is 54.1 Å². The van der Waals surface area contributed by atoms with Gasteiger partial charge in [-0.25, -0.2) is 0 Å². The Balaban J connectivity index is 2.07. The summed E-state index contributed by atoms with van der Waals surface area (Å²) >= 11 is 0. The number of hydrogen-bond acceptors (Lipinski definition) is 4. The lowest BCUT2D eigenvalue weighted by molar-refractivity contribution is 0.202. The minimum absolute atomic E-state index is 0.0293. The van der Waals surface area contributed by atoms with Gasteiger partial charge in [-0.3, -0.25) is 0 Å². The minimum atomic E-state index is -0.167. The van der Waals surface area contributed by atoms with E-state index in [1.807, 2.05) is 24.3 Å². The Bertz CT molecular complexity index is 536. The summed E-state index contributed by atoms with van der Waals surface area (Å²) in [4.78, 5) is 0. The Labute approximate surface area is 118 Å². The smallest absolute Gasteiger partial charge is 0.122 e. The zero-order valence-corrected chi connectivity index (χ0v) is 11.3. The fourth-order valence-corrected chi connectivity index (χ4v) is 1.98. The van der Waals surface area contributed by atoms with Gasteiger partial charge in [0.1, 0.15) is 17.2 Å². The fourth-order valence-electron chi connectivity index (χ4n) is 1.98. The standard InChI is InChI=1S/C16H18O4/c1-19-16-5-3-2-4-15(16)12(10-17)11-20-14-8-6-13(18)7-9-14/h2-9,12,17-18H,10-11H2,1H3. The van der Waals surface area contributed by atoms with Crippen molar-refractivity contribution in [3.8, 4) is 17.2 Å². The zero-order valence-electron chi connectivity index (χ0n) is 11.3. The number of rotatable bonds is 6. The highest BCUT2D eigenvalue weighted by Crippen LogP contribution is 2.27. The first-order valence-electron chi connectivity index (χ1n) is 6.40. The van der Waals surface area contributed by atoms with Crippen LogP contribution < -0.4 is 9.47 Å². The molecule has 0 saturated carbocycles. The molecule has 0 aliphatic heterocycles. The van der Waals surface area contributed by atoms with E-state index in [-0.39, 0.29) is 18.3 Å². The number of ether oxygens (including phenoxy) is 2. The van der Waals surface area contributed by atoms with Gasteiger partial charge in [0.2, 0.25) is 0 Å². The Morgan fingerprint density at radius 3 is 2.40 bits per heavy atom. The van der Waals surface area contributed by atoms with Gasteiger partial charge in [-0.2, -0.15) is 0 Å². The van der Waals surface area contributed by atoms with E-state index in [4.69, 9.17) is 9.47 Å². The zero-order chi connectivity index (χ0) is 14.4. The molecule has 1 atom stereocenters.